The summed E-state index contributed by atoms with van der Waals surface area (Å²) in [6.45, 7) is 0.380. The second-order valence-corrected chi connectivity index (χ2v) is 4.17. The highest BCUT2D eigenvalue weighted by molar-refractivity contribution is 6.30. The van der Waals surface area contributed by atoms with Crippen molar-refractivity contribution in [2.75, 3.05) is 0 Å². The number of rotatable bonds is 4. The Hall–Kier alpha value is -2.00. The third kappa shape index (κ3) is 3.25. The molecule has 2 aromatic carbocycles. The van der Waals surface area contributed by atoms with Crippen LogP contribution in [0.25, 0.3) is 0 Å². The quantitative estimate of drug-likeness (QED) is 0.848. The molecule has 0 aliphatic heterocycles. The van der Waals surface area contributed by atoms with Gasteiger partial charge in [-0.05, 0) is 47.5 Å². The third-order valence-electron chi connectivity index (χ3n) is 2.38. The number of hydrogen-bond donors (Lipinski definition) is 0. The largest absolute Gasteiger partial charge is 0.545 e. The van der Waals surface area contributed by atoms with E-state index in [2.05, 4.69) is 0 Å². The van der Waals surface area contributed by atoms with E-state index < -0.39 is 5.97 Å². The highest BCUT2D eigenvalue weighted by Crippen LogP contribution is 2.16. The van der Waals surface area contributed by atoms with Gasteiger partial charge in [-0.2, -0.15) is 0 Å². The molecule has 0 amide bonds. The van der Waals surface area contributed by atoms with Gasteiger partial charge in [0.2, 0.25) is 0 Å². The van der Waals surface area contributed by atoms with E-state index in [1.807, 2.05) is 18.2 Å². The fourth-order valence-electron chi connectivity index (χ4n) is 1.48. The van der Waals surface area contributed by atoms with Crippen molar-refractivity contribution in [1.29, 1.82) is 0 Å². The maximum Gasteiger partial charge on any atom is 0.119 e. The Morgan fingerprint density at radius 3 is 2.50 bits per heavy atom. The summed E-state index contributed by atoms with van der Waals surface area (Å²) in [6.07, 6.45) is 0. The molecule has 3 nitrogen and oxygen atoms in total. The first-order chi connectivity index (χ1) is 8.65. The first kappa shape index (κ1) is 12.5. The lowest BCUT2D eigenvalue weighted by Gasteiger charge is -2.08. The number of carbonyl (C=O) groups is 1. The molecule has 0 aliphatic rings. The first-order valence-electron chi connectivity index (χ1n) is 5.34. The molecule has 0 N–H and O–H groups in total. The zero-order chi connectivity index (χ0) is 13.0. The molecular formula is C14H10ClO3-. The van der Waals surface area contributed by atoms with Crippen LogP contribution in [-0.4, -0.2) is 5.97 Å². The number of carbonyl (C=O) groups excluding carboxylic acids is 1. The van der Waals surface area contributed by atoms with Crippen LogP contribution in [0.2, 0.25) is 5.02 Å². The molecule has 92 valence electrons. The van der Waals surface area contributed by atoms with Gasteiger partial charge in [0.15, 0.2) is 0 Å². The molecule has 0 bridgehead atoms. The number of benzene rings is 2. The molecule has 0 saturated carbocycles. The van der Waals surface area contributed by atoms with Crippen molar-refractivity contribution in [3.63, 3.8) is 0 Å². The molecule has 0 heterocycles. The topological polar surface area (TPSA) is 49.4 Å². The number of carboxylic acids is 1. The summed E-state index contributed by atoms with van der Waals surface area (Å²) in [5, 5.41) is 11.2. The van der Waals surface area contributed by atoms with Crippen molar-refractivity contribution in [2.45, 2.75) is 6.61 Å². The van der Waals surface area contributed by atoms with Gasteiger partial charge < -0.3 is 14.6 Å². The number of ether oxygens (including phenoxy) is 1. The van der Waals surface area contributed by atoms with E-state index >= 15 is 0 Å². The maximum atomic E-state index is 10.6. The second-order valence-electron chi connectivity index (χ2n) is 3.73. The van der Waals surface area contributed by atoms with Gasteiger partial charge in [0, 0.05) is 5.02 Å². The summed E-state index contributed by atoms with van der Waals surface area (Å²) in [5.74, 6) is -0.601. The molecule has 18 heavy (non-hydrogen) atoms. The van der Waals surface area contributed by atoms with Crippen molar-refractivity contribution in [2.24, 2.45) is 0 Å². The predicted molar refractivity (Wildman–Crippen MR) is 66.6 cm³/mol. The Bertz CT molecular complexity index is 549. The number of aromatic carboxylic acids is 1. The normalized spacial score (nSPS) is 10.1. The minimum Gasteiger partial charge on any atom is -0.545 e. The van der Waals surface area contributed by atoms with Crippen LogP contribution >= 0.6 is 11.6 Å². The van der Waals surface area contributed by atoms with E-state index in [0.717, 1.165) is 5.56 Å². The average molecular weight is 262 g/mol. The van der Waals surface area contributed by atoms with Crippen molar-refractivity contribution in [1.82, 2.24) is 0 Å². The molecule has 0 radical (unpaired) electrons. The van der Waals surface area contributed by atoms with Crippen LogP contribution in [0.1, 0.15) is 15.9 Å². The fourth-order valence-corrected chi connectivity index (χ4v) is 1.69. The van der Waals surface area contributed by atoms with E-state index in [0.29, 0.717) is 17.4 Å². The lowest BCUT2D eigenvalue weighted by atomic mass is 10.2. The molecule has 0 atom stereocenters. The van der Waals surface area contributed by atoms with E-state index in [4.69, 9.17) is 16.3 Å². The zero-order valence-corrected chi connectivity index (χ0v) is 10.2. The highest BCUT2D eigenvalue weighted by Gasteiger charge is 1.98. The van der Waals surface area contributed by atoms with Crippen LogP contribution in [0, 0.1) is 0 Å². The van der Waals surface area contributed by atoms with Crippen LogP contribution in [0.15, 0.2) is 48.5 Å². The molecule has 4 heteroatoms. The minimum absolute atomic E-state index is 0.130. The Balaban J connectivity index is 2.00. The van der Waals surface area contributed by atoms with Crippen molar-refractivity contribution in [3.8, 4) is 5.75 Å². The van der Waals surface area contributed by atoms with Crippen LogP contribution in [0.3, 0.4) is 0 Å². The lowest BCUT2D eigenvalue weighted by molar-refractivity contribution is -0.255. The molecule has 0 aromatic heterocycles. The summed E-state index contributed by atoms with van der Waals surface area (Å²) in [5.41, 5.74) is 1.08. The van der Waals surface area contributed by atoms with Gasteiger partial charge in [0.1, 0.15) is 12.4 Å². The van der Waals surface area contributed by atoms with E-state index in [1.54, 1.807) is 18.2 Å². The van der Waals surface area contributed by atoms with Gasteiger partial charge in [-0.3, -0.25) is 0 Å². The highest BCUT2D eigenvalue weighted by atomic mass is 35.5. The van der Waals surface area contributed by atoms with Gasteiger partial charge in [-0.1, -0.05) is 23.7 Å². The summed E-state index contributed by atoms with van der Waals surface area (Å²) in [6, 6.07) is 13.4. The molecule has 0 fully saturated rings. The van der Waals surface area contributed by atoms with Crippen molar-refractivity contribution < 1.29 is 14.6 Å². The molecular weight excluding hydrogens is 252 g/mol. The fraction of sp³-hybridized carbons (Fsp3) is 0.0714. The first-order valence-corrected chi connectivity index (χ1v) is 5.71. The Morgan fingerprint density at radius 1 is 1.17 bits per heavy atom. The summed E-state index contributed by atoms with van der Waals surface area (Å²) in [4.78, 5) is 10.6. The van der Waals surface area contributed by atoms with Gasteiger partial charge in [-0.15, -0.1) is 0 Å². The second kappa shape index (κ2) is 5.56. The van der Waals surface area contributed by atoms with E-state index in [1.165, 1.54) is 12.1 Å². The van der Waals surface area contributed by atoms with Gasteiger partial charge in [0.05, 0.1) is 5.97 Å². The predicted octanol–water partition coefficient (Wildman–Crippen LogP) is 2.28. The average Bonchev–Trinajstić information content (AvgIpc) is 2.37. The molecule has 0 spiro atoms. The van der Waals surface area contributed by atoms with Crippen LogP contribution in [-0.2, 0) is 6.61 Å². The summed E-state index contributed by atoms with van der Waals surface area (Å²) < 4.78 is 5.51. The molecule has 0 aliphatic carbocycles. The van der Waals surface area contributed by atoms with Gasteiger partial charge in [-0.25, -0.2) is 0 Å². The lowest BCUT2D eigenvalue weighted by Crippen LogP contribution is -2.21. The molecule has 0 unspecified atom stereocenters. The Morgan fingerprint density at radius 2 is 1.89 bits per heavy atom. The SMILES string of the molecule is O=C([O-])c1ccc(OCc2cccc(Cl)c2)cc1. The monoisotopic (exact) mass is 261 g/mol. The molecule has 2 aromatic rings. The number of carboxylic acid groups (broad SMARTS) is 1. The Kier molecular flexibility index (Phi) is 3.85. The van der Waals surface area contributed by atoms with Gasteiger partial charge in [0.25, 0.3) is 0 Å². The van der Waals surface area contributed by atoms with E-state index in [-0.39, 0.29) is 5.56 Å². The summed E-state index contributed by atoms with van der Waals surface area (Å²) in [7, 11) is 0. The van der Waals surface area contributed by atoms with Gasteiger partial charge >= 0.3 is 0 Å². The molecule has 2 rings (SSSR count). The zero-order valence-electron chi connectivity index (χ0n) is 9.43. The minimum atomic E-state index is -1.20. The summed E-state index contributed by atoms with van der Waals surface area (Å²) >= 11 is 5.85. The third-order valence-corrected chi connectivity index (χ3v) is 2.62. The van der Waals surface area contributed by atoms with Crippen molar-refractivity contribution in [3.05, 3.63) is 64.7 Å². The smallest absolute Gasteiger partial charge is 0.119 e. The molecule has 0 saturated heterocycles. The standard InChI is InChI=1S/C14H11ClO3/c15-12-3-1-2-10(8-12)9-18-13-6-4-11(5-7-13)14(16)17/h1-8H,9H2,(H,16,17)/p-1. The Labute approximate surface area is 110 Å². The van der Waals surface area contributed by atoms with Crippen LogP contribution in [0.4, 0.5) is 0 Å². The maximum absolute atomic E-state index is 10.6. The van der Waals surface area contributed by atoms with Crippen molar-refractivity contribution >= 4 is 17.6 Å². The van der Waals surface area contributed by atoms with Crippen LogP contribution < -0.4 is 9.84 Å². The van der Waals surface area contributed by atoms with E-state index in [9.17, 15) is 9.90 Å². The van der Waals surface area contributed by atoms with Crippen LogP contribution in [0.5, 0.6) is 5.75 Å². The number of hydrogen-bond acceptors (Lipinski definition) is 3. The number of halogens is 1.